The molecule has 1 aromatic rings. The van der Waals surface area contributed by atoms with Crippen LogP contribution in [-0.4, -0.2) is 11.7 Å². The molecule has 1 rings (SSSR count). The normalized spacial score (nSPS) is 12.9. The van der Waals surface area contributed by atoms with Gasteiger partial charge in [-0.2, -0.15) is 0 Å². The lowest BCUT2D eigenvalue weighted by Crippen LogP contribution is -2.21. The second-order valence-corrected chi connectivity index (χ2v) is 3.38. The van der Waals surface area contributed by atoms with Crippen molar-refractivity contribution in [3.05, 3.63) is 28.3 Å². The minimum atomic E-state index is -0.410. The molecular formula is C9H13ClN2O. The SMILES string of the molecule is Cc1ccc(Cl)c([C@@H](N)CN)c1O. The van der Waals surface area contributed by atoms with Gasteiger partial charge in [-0.25, -0.2) is 0 Å². The average molecular weight is 201 g/mol. The molecule has 13 heavy (non-hydrogen) atoms. The van der Waals surface area contributed by atoms with E-state index < -0.39 is 6.04 Å². The number of rotatable bonds is 2. The molecule has 0 aromatic heterocycles. The molecular weight excluding hydrogens is 188 g/mol. The highest BCUT2D eigenvalue weighted by Crippen LogP contribution is 2.32. The van der Waals surface area contributed by atoms with E-state index in [0.717, 1.165) is 5.56 Å². The molecule has 0 heterocycles. The maximum atomic E-state index is 9.66. The van der Waals surface area contributed by atoms with Gasteiger partial charge in [0.25, 0.3) is 0 Å². The number of nitrogens with two attached hydrogens (primary N) is 2. The summed E-state index contributed by atoms with van der Waals surface area (Å²) >= 11 is 5.88. The number of phenolic OH excluding ortho intramolecular Hbond substituents is 1. The average Bonchev–Trinajstić information content (AvgIpc) is 2.12. The number of hydrogen-bond donors (Lipinski definition) is 3. The van der Waals surface area contributed by atoms with Crippen molar-refractivity contribution in [2.75, 3.05) is 6.54 Å². The van der Waals surface area contributed by atoms with Crippen molar-refractivity contribution in [1.82, 2.24) is 0 Å². The summed E-state index contributed by atoms with van der Waals surface area (Å²) in [6, 6.07) is 3.04. The molecule has 0 saturated carbocycles. The van der Waals surface area contributed by atoms with Crippen molar-refractivity contribution in [3.63, 3.8) is 0 Å². The van der Waals surface area contributed by atoms with Gasteiger partial charge < -0.3 is 16.6 Å². The topological polar surface area (TPSA) is 72.3 Å². The molecule has 0 bridgehead atoms. The molecule has 0 spiro atoms. The van der Waals surface area contributed by atoms with E-state index in [4.69, 9.17) is 23.1 Å². The van der Waals surface area contributed by atoms with Crippen molar-refractivity contribution in [2.45, 2.75) is 13.0 Å². The Kier molecular flexibility index (Phi) is 3.14. The first-order chi connectivity index (χ1) is 6.07. The van der Waals surface area contributed by atoms with Gasteiger partial charge >= 0.3 is 0 Å². The van der Waals surface area contributed by atoms with Crippen LogP contribution in [-0.2, 0) is 0 Å². The molecule has 5 N–H and O–H groups in total. The summed E-state index contributed by atoms with van der Waals surface area (Å²) in [6.45, 7) is 2.05. The second kappa shape index (κ2) is 3.96. The quantitative estimate of drug-likeness (QED) is 0.674. The standard InChI is InChI=1S/C9H13ClN2O/c1-5-2-3-6(10)8(9(5)13)7(12)4-11/h2-3,7,13H,4,11-12H2,1H3/t7-/m0/s1. The summed E-state index contributed by atoms with van der Waals surface area (Å²) in [5.41, 5.74) is 12.4. The Balaban J connectivity index is 3.25. The fourth-order valence-corrected chi connectivity index (χ4v) is 1.46. The highest BCUT2D eigenvalue weighted by molar-refractivity contribution is 6.31. The molecule has 0 aliphatic rings. The minimum absolute atomic E-state index is 0.144. The van der Waals surface area contributed by atoms with Gasteiger partial charge in [0.1, 0.15) is 5.75 Å². The van der Waals surface area contributed by atoms with E-state index in [1.807, 2.05) is 0 Å². The summed E-state index contributed by atoms with van der Waals surface area (Å²) in [6.07, 6.45) is 0. The lowest BCUT2D eigenvalue weighted by molar-refractivity contribution is 0.458. The Morgan fingerprint density at radius 1 is 1.54 bits per heavy atom. The second-order valence-electron chi connectivity index (χ2n) is 2.97. The smallest absolute Gasteiger partial charge is 0.124 e. The van der Waals surface area contributed by atoms with Gasteiger partial charge in [0.2, 0.25) is 0 Å². The fraction of sp³-hybridized carbons (Fsp3) is 0.333. The molecule has 1 aromatic carbocycles. The zero-order valence-electron chi connectivity index (χ0n) is 7.42. The highest BCUT2D eigenvalue weighted by atomic mass is 35.5. The summed E-state index contributed by atoms with van der Waals surface area (Å²) in [7, 11) is 0. The van der Waals surface area contributed by atoms with E-state index in [2.05, 4.69) is 0 Å². The van der Waals surface area contributed by atoms with Crippen molar-refractivity contribution in [3.8, 4) is 5.75 Å². The van der Waals surface area contributed by atoms with Crippen LogP contribution in [0.15, 0.2) is 12.1 Å². The number of benzene rings is 1. The van der Waals surface area contributed by atoms with Crippen LogP contribution in [0.5, 0.6) is 5.75 Å². The molecule has 72 valence electrons. The maximum absolute atomic E-state index is 9.66. The predicted molar refractivity (Wildman–Crippen MR) is 53.8 cm³/mol. The zero-order chi connectivity index (χ0) is 10.0. The van der Waals surface area contributed by atoms with Gasteiger partial charge in [-0.15, -0.1) is 0 Å². The Labute approximate surface area is 82.3 Å². The Bertz CT molecular complexity index is 315. The van der Waals surface area contributed by atoms with Crippen LogP contribution in [0.4, 0.5) is 0 Å². The molecule has 4 heteroatoms. The van der Waals surface area contributed by atoms with E-state index >= 15 is 0 Å². The first-order valence-corrected chi connectivity index (χ1v) is 4.39. The maximum Gasteiger partial charge on any atom is 0.124 e. The molecule has 0 aliphatic heterocycles. The number of aromatic hydroxyl groups is 1. The van der Waals surface area contributed by atoms with Gasteiger partial charge in [0.15, 0.2) is 0 Å². The summed E-state index contributed by atoms with van der Waals surface area (Å²) in [5, 5.41) is 10.1. The summed E-state index contributed by atoms with van der Waals surface area (Å²) in [5.74, 6) is 0.144. The summed E-state index contributed by atoms with van der Waals surface area (Å²) < 4.78 is 0. The number of aryl methyl sites for hydroxylation is 1. The molecule has 0 saturated heterocycles. The van der Waals surface area contributed by atoms with Crippen molar-refractivity contribution in [1.29, 1.82) is 0 Å². The molecule has 0 unspecified atom stereocenters. The number of halogens is 1. The Hall–Kier alpha value is -0.770. The van der Waals surface area contributed by atoms with Crippen LogP contribution in [0, 0.1) is 6.92 Å². The number of hydrogen-bond acceptors (Lipinski definition) is 3. The van der Waals surface area contributed by atoms with E-state index in [-0.39, 0.29) is 12.3 Å². The van der Waals surface area contributed by atoms with Crippen LogP contribution in [0.25, 0.3) is 0 Å². The van der Waals surface area contributed by atoms with Crippen LogP contribution < -0.4 is 11.5 Å². The first kappa shape index (κ1) is 10.3. The number of phenols is 1. The van der Waals surface area contributed by atoms with Crippen LogP contribution in [0.3, 0.4) is 0 Å². The Morgan fingerprint density at radius 3 is 2.69 bits per heavy atom. The molecule has 0 amide bonds. The van der Waals surface area contributed by atoms with Crippen molar-refractivity contribution in [2.24, 2.45) is 11.5 Å². The molecule has 1 atom stereocenters. The third-order valence-electron chi connectivity index (χ3n) is 1.99. The molecule has 0 fully saturated rings. The lowest BCUT2D eigenvalue weighted by Gasteiger charge is -2.14. The van der Waals surface area contributed by atoms with Crippen LogP contribution in [0.1, 0.15) is 17.2 Å². The van der Waals surface area contributed by atoms with Gasteiger partial charge in [-0.1, -0.05) is 17.7 Å². The summed E-state index contributed by atoms with van der Waals surface area (Å²) in [4.78, 5) is 0. The fourth-order valence-electron chi connectivity index (χ4n) is 1.16. The van der Waals surface area contributed by atoms with Gasteiger partial charge in [-0.05, 0) is 18.6 Å². The predicted octanol–water partition coefficient (Wildman–Crippen LogP) is 1.31. The van der Waals surface area contributed by atoms with E-state index in [9.17, 15) is 5.11 Å². The highest BCUT2D eigenvalue weighted by Gasteiger charge is 2.14. The van der Waals surface area contributed by atoms with Crippen LogP contribution >= 0.6 is 11.6 Å². The van der Waals surface area contributed by atoms with E-state index in [1.165, 1.54) is 0 Å². The van der Waals surface area contributed by atoms with E-state index in [0.29, 0.717) is 10.6 Å². The molecule has 3 nitrogen and oxygen atoms in total. The van der Waals surface area contributed by atoms with E-state index in [1.54, 1.807) is 19.1 Å². The van der Waals surface area contributed by atoms with Crippen molar-refractivity contribution < 1.29 is 5.11 Å². The Morgan fingerprint density at radius 2 is 2.15 bits per heavy atom. The van der Waals surface area contributed by atoms with Gasteiger partial charge in [0.05, 0.1) is 0 Å². The monoisotopic (exact) mass is 200 g/mol. The van der Waals surface area contributed by atoms with Gasteiger partial charge in [0, 0.05) is 23.2 Å². The van der Waals surface area contributed by atoms with Gasteiger partial charge in [-0.3, -0.25) is 0 Å². The zero-order valence-corrected chi connectivity index (χ0v) is 8.17. The largest absolute Gasteiger partial charge is 0.507 e. The lowest BCUT2D eigenvalue weighted by atomic mass is 10.0. The minimum Gasteiger partial charge on any atom is -0.507 e. The molecule has 0 radical (unpaired) electrons. The molecule has 0 aliphatic carbocycles. The first-order valence-electron chi connectivity index (χ1n) is 4.01. The van der Waals surface area contributed by atoms with Crippen LogP contribution in [0.2, 0.25) is 5.02 Å². The third kappa shape index (κ3) is 1.94. The van der Waals surface area contributed by atoms with Crippen molar-refractivity contribution >= 4 is 11.6 Å². The third-order valence-corrected chi connectivity index (χ3v) is 2.32.